The highest BCUT2D eigenvalue weighted by atomic mass is 28.1. The standard InChI is InChI=1S/C2H5Si.Al.2H/c1-2-3;;;/h2H,1,3H2;;;. The molecule has 0 fully saturated rings. The second kappa shape index (κ2) is 9.75. The Labute approximate surface area is 40.5 Å². The molecule has 0 N–H and O–H groups in total. The van der Waals surface area contributed by atoms with Gasteiger partial charge in [0.25, 0.3) is 0 Å². The lowest BCUT2D eigenvalue weighted by molar-refractivity contribution is 2.63. The molecule has 0 bridgehead atoms. The van der Waals surface area contributed by atoms with Gasteiger partial charge >= 0.3 is 0 Å². The highest BCUT2D eigenvalue weighted by molar-refractivity contribution is 6.16. The molecule has 0 heterocycles. The third kappa shape index (κ3) is 23.1. The van der Waals surface area contributed by atoms with Gasteiger partial charge in [-0.05, 0) is 0 Å². The molecule has 0 spiro atoms. The maximum Gasteiger partial charge on any atom is 0.146 e. The van der Waals surface area contributed by atoms with E-state index in [0.717, 1.165) is 0 Å². The summed E-state index contributed by atoms with van der Waals surface area (Å²) in [6, 6.07) is 0. The molecule has 0 atom stereocenters. The smallest absolute Gasteiger partial charge is 0.111 e. The Bertz CT molecular complexity index is 13.5. The first-order valence-electron chi connectivity index (χ1n) is 0.816. The topological polar surface area (TPSA) is 0 Å². The van der Waals surface area contributed by atoms with Gasteiger partial charge in [-0.15, -0.1) is 12.3 Å². The molecule has 0 aliphatic rings. The Balaban J connectivity index is 0. The third-order valence-corrected chi connectivity index (χ3v) is 0. The van der Waals surface area contributed by atoms with Crippen molar-refractivity contribution in [2.24, 2.45) is 0 Å². The zero-order valence-corrected chi connectivity index (χ0v) is 6.41. The molecule has 0 aromatic carbocycles. The minimum Gasteiger partial charge on any atom is -0.111 e. The van der Waals surface area contributed by atoms with Crippen molar-refractivity contribution in [3.05, 3.63) is 12.3 Å². The van der Waals surface area contributed by atoms with Gasteiger partial charge in [-0.1, -0.05) is 0 Å². The summed E-state index contributed by atoms with van der Waals surface area (Å²) in [4.78, 5) is 0. The Morgan fingerprint density at radius 2 is 1.75 bits per heavy atom. The Hall–Kier alpha value is 0.489. The molecule has 2 heteroatoms. The summed E-state index contributed by atoms with van der Waals surface area (Å²) in [6.45, 7) is 3.37. The fourth-order valence-corrected chi connectivity index (χ4v) is 0. The van der Waals surface area contributed by atoms with Crippen LogP contribution in [-0.2, 0) is 0 Å². The third-order valence-electron chi connectivity index (χ3n) is 0. The van der Waals surface area contributed by atoms with Crippen molar-refractivity contribution >= 4 is 27.6 Å². The molecule has 0 rings (SSSR count). The zero-order chi connectivity index (χ0) is 2.71. The van der Waals surface area contributed by atoms with Crippen molar-refractivity contribution in [2.75, 3.05) is 0 Å². The Morgan fingerprint density at radius 3 is 1.75 bits per heavy atom. The second-order valence-electron chi connectivity index (χ2n) is 0.289. The van der Waals surface area contributed by atoms with E-state index in [1.807, 2.05) is 0 Å². The fraction of sp³-hybridized carbons (Fsp3) is 0. The van der Waals surface area contributed by atoms with Crippen LogP contribution in [-0.4, -0.2) is 27.6 Å². The first kappa shape index (κ1) is 8.82. The van der Waals surface area contributed by atoms with E-state index >= 15 is 0 Å². The van der Waals surface area contributed by atoms with E-state index in [9.17, 15) is 0 Å². The van der Waals surface area contributed by atoms with Crippen LogP contribution >= 0.6 is 0 Å². The second-order valence-corrected chi connectivity index (χ2v) is 0.866. The molecule has 4 heavy (non-hydrogen) atoms. The summed E-state index contributed by atoms with van der Waals surface area (Å²) in [7, 11) is 1.74. The van der Waals surface area contributed by atoms with E-state index in [4.69, 9.17) is 0 Å². The van der Waals surface area contributed by atoms with E-state index in [-0.39, 0.29) is 17.4 Å². The first-order valence-corrected chi connectivity index (χ1v) is 1.63. The summed E-state index contributed by atoms with van der Waals surface area (Å²) in [6.07, 6.45) is 0. The normalized spacial score (nSPS) is 3.25. The minimum absolute atomic E-state index is 0. The van der Waals surface area contributed by atoms with Gasteiger partial charge in [0.15, 0.2) is 0 Å². The van der Waals surface area contributed by atoms with Crippen LogP contribution in [0.3, 0.4) is 0 Å². The first-order chi connectivity index (χ1) is 1.41. The molecule has 0 amide bonds. The van der Waals surface area contributed by atoms with Crippen molar-refractivity contribution in [1.29, 1.82) is 0 Å². The van der Waals surface area contributed by atoms with Crippen molar-refractivity contribution in [2.45, 2.75) is 0 Å². The van der Waals surface area contributed by atoms with Crippen molar-refractivity contribution in [3.8, 4) is 0 Å². The summed E-state index contributed by atoms with van der Waals surface area (Å²) in [5, 5.41) is 0. The van der Waals surface area contributed by atoms with Gasteiger partial charge in [0.05, 0.1) is 0 Å². The summed E-state index contributed by atoms with van der Waals surface area (Å²) < 4.78 is 0. The number of rotatable bonds is 0. The molecule has 0 aromatic rings. The molecule has 22 valence electrons. The number of hydrogen-bond donors (Lipinski definition) is 0. The van der Waals surface area contributed by atoms with Gasteiger partial charge in [-0.25, -0.2) is 0 Å². The monoisotopic (exact) mass is 86.0 g/mol. The average molecular weight is 86.1 g/mol. The van der Waals surface area contributed by atoms with E-state index in [0.29, 0.717) is 0 Å². The molecular formula is C2H7AlSi. The molecule has 0 nitrogen and oxygen atoms in total. The molecule has 0 saturated carbocycles. The summed E-state index contributed by atoms with van der Waals surface area (Å²) in [5.74, 6) is 0. The highest BCUT2D eigenvalue weighted by Gasteiger charge is 1.17. The quantitative estimate of drug-likeness (QED) is 0.326. The van der Waals surface area contributed by atoms with Crippen LogP contribution in [0.1, 0.15) is 0 Å². The highest BCUT2D eigenvalue weighted by Crippen LogP contribution is 1.24. The lowest BCUT2D eigenvalue weighted by Crippen LogP contribution is -1.29. The van der Waals surface area contributed by atoms with Crippen LogP contribution in [0.25, 0.3) is 0 Å². The average Bonchev–Trinajstić information content (AvgIpc) is 0.918. The predicted molar refractivity (Wildman–Crippen MR) is 27.3 cm³/mol. The fourth-order valence-electron chi connectivity index (χ4n) is 0. The maximum atomic E-state index is 3.37. The minimum atomic E-state index is 0. The van der Waals surface area contributed by atoms with Gasteiger partial charge in [-0.2, -0.15) is 0 Å². The van der Waals surface area contributed by atoms with Gasteiger partial charge < -0.3 is 0 Å². The Kier molecular flexibility index (Phi) is 21.5. The molecule has 0 unspecified atom stereocenters. The van der Waals surface area contributed by atoms with E-state index in [1.54, 1.807) is 15.9 Å². The molecule has 0 aliphatic heterocycles. The van der Waals surface area contributed by atoms with Gasteiger partial charge in [0, 0.05) is 10.2 Å². The zero-order valence-electron chi connectivity index (χ0n) is 2.99. The van der Waals surface area contributed by atoms with Crippen molar-refractivity contribution < 1.29 is 0 Å². The molecule has 0 saturated heterocycles. The van der Waals surface area contributed by atoms with Crippen LogP contribution in [0.4, 0.5) is 0 Å². The Morgan fingerprint density at radius 1 is 1.75 bits per heavy atom. The van der Waals surface area contributed by atoms with Gasteiger partial charge in [-0.3, -0.25) is 0 Å². The van der Waals surface area contributed by atoms with E-state index in [1.165, 1.54) is 0 Å². The van der Waals surface area contributed by atoms with Crippen LogP contribution in [0.2, 0.25) is 0 Å². The van der Waals surface area contributed by atoms with Gasteiger partial charge in [0.1, 0.15) is 17.4 Å². The summed E-state index contributed by atoms with van der Waals surface area (Å²) in [5.41, 5.74) is 1.78. The number of hydrogen-bond acceptors (Lipinski definition) is 0. The van der Waals surface area contributed by atoms with Gasteiger partial charge in [0.2, 0.25) is 0 Å². The molecule has 2 radical (unpaired) electrons. The molecular weight excluding hydrogens is 79.1 g/mol. The predicted octanol–water partition coefficient (Wildman–Crippen LogP) is -1.15. The van der Waals surface area contributed by atoms with Crippen molar-refractivity contribution in [3.63, 3.8) is 0 Å². The molecule has 0 aromatic heterocycles. The van der Waals surface area contributed by atoms with Crippen LogP contribution in [0.5, 0.6) is 0 Å². The lowest BCUT2D eigenvalue weighted by atomic mass is 11.3. The van der Waals surface area contributed by atoms with Crippen LogP contribution < -0.4 is 0 Å². The largest absolute Gasteiger partial charge is 0.146 e. The van der Waals surface area contributed by atoms with E-state index < -0.39 is 0 Å². The maximum absolute atomic E-state index is 3.37. The lowest BCUT2D eigenvalue weighted by Gasteiger charge is -1.29. The van der Waals surface area contributed by atoms with E-state index in [2.05, 4.69) is 6.58 Å². The van der Waals surface area contributed by atoms with Crippen LogP contribution in [0.15, 0.2) is 12.3 Å². The summed E-state index contributed by atoms with van der Waals surface area (Å²) >= 11 is 0. The van der Waals surface area contributed by atoms with Crippen LogP contribution in [0, 0.1) is 0 Å². The van der Waals surface area contributed by atoms with Crippen molar-refractivity contribution in [1.82, 2.24) is 0 Å². The molecule has 0 aliphatic carbocycles. The SMILES string of the molecule is C=C[SiH2].[AlH2].